The minimum atomic E-state index is -0.616. The summed E-state index contributed by atoms with van der Waals surface area (Å²) in [6.07, 6.45) is 0.779. The number of aromatic nitrogens is 2. The van der Waals surface area contributed by atoms with Crippen LogP contribution in [-0.4, -0.2) is 16.1 Å². The van der Waals surface area contributed by atoms with Crippen molar-refractivity contribution in [2.75, 3.05) is 4.90 Å². The first kappa shape index (κ1) is 21.5. The van der Waals surface area contributed by atoms with Gasteiger partial charge in [0, 0.05) is 6.42 Å². The van der Waals surface area contributed by atoms with Crippen LogP contribution in [0.4, 0.5) is 5.13 Å². The van der Waals surface area contributed by atoms with E-state index in [-0.39, 0.29) is 17.1 Å². The highest BCUT2D eigenvalue weighted by Crippen LogP contribution is 2.42. The van der Waals surface area contributed by atoms with Gasteiger partial charge in [-0.3, -0.25) is 14.5 Å². The summed E-state index contributed by atoms with van der Waals surface area (Å²) in [4.78, 5) is 28.8. The Bertz CT molecular complexity index is 1400. The molecule has 4 aromatic rings. The van der Waals surface area contributed by atoms with Crippen LogP contribution in [0.2, 0.25) is 0 Å². The number of carbonyl (C=O) groups excluding carboxylic acids is 1. The highest BCUT2D eigenvalue weighted by Gasteiger charge is 2.45. The number of hydrogen-bond acceptors (Lipinski definition) is 6. The molecule has 5 rings (SSSR count). The third-order valence-electron chi connectivity index (χ3n) is 5.94. The smallest absolute Gasteiger partial charge is 0.297 e. The molecule has 168 valence electrons. The van der Waals surface area contributed by atoms with Crippen LogP contribution in [0.15, 0.2) is 57.7 Å². The lowest BCUT2D eigenvalue weighted by Crippen LogP contribution is -2.29. The number of anilines is 1. The van der Waals surface area contributed by atoms with Crippen LogP contribution in [0.25, 0.3) is 11.0 Å². The van der Waals surface area contributed by atoms with Gasteiger partial charge in [-0.2, -0.15) is 0 Å². The fourth-order valence-corrected chi connectivity index (χ4v) is 5.35. The minimum Gasteiger partial charge on any atom is -0.450 e. The Morgan fingerprint density at radius 1 is 1.00 bits per heavy atom. The maximum absolute atomic E-state index is 13.6. The van der Waals surface area contributed by atoms with Crippen molar-refractivity contribution in [2.24, 2.45) is 5.92 Å². The van der Waals surface area contributed by atoms with Crippen LogP contribution in [0, 0.1) is 5.92 Å². The van der Waals surface area contributed by atoms with Gasteiger partial charge in [-0.1, -0.05) is 75.4 Å². The number of nitrogens with zero attached hydrogens (tertiary/aromatic N) is 3. The Morgan fingerprint density at radius 3 is 2.42 bits per heavy atom. The third kappa shape index (κ3) is 3.66. The maximum Gasteiger partial charge on any atom is 0.297 e. The van der Waals surface area contributed by atoms with E-state index in [1.165, 1.54) is 16.9 Å². The average Bonchev–Trinajstić information content (AvgIpc) is 3.36. The molecule has 0 spiro atoms. The molecule has 0 fully saturated rings. The van der Waals surface area contributed by atoms with E-state index in [2.05, 4.69) is 37.9 Å². The Kier molecular flexibility index (Phi) is 5.37. The number of para-hydroxylation sites is 1. The lowest BCUT2D eigenvalue weighted by atomic mass is 9.95. The van der Waals surface area contributed by atoms with Crippen LogP contribution in [0.3, 0.4) is 0 Å². The van der Waals surface area contributed by atoms with Gasteiger partial charge < -0.3 is 4.42 Å². The van der Waals surface area contributed by atoms with Crippen LogP contribution >= 0.6 is 11.3 Å². The Labute approximate surface area is 195 Å². The van der Waals surface area contributed by atoms with Crippen LogP contribution in [0.1, 0.15) is 71.9 Å². The molecule has 1 atom stereocenters. The SMILES string of the molecule is CC(C)Cc1nnc(N2C(=O)c3oc4ccccc4c(=O)c3C2c2ccc(C(C)C)cc2)s1. The molecule has 2 aromatic carbocycles. The van der Waals surface area contributed by atoms with Gasteiger partial charge >= 0.3 is 0 Å². The molecule has 3 heterocycles. The Hall–Kier alpha value is -3.32. The van der Waals surface area contributed by atoms with Gasteiger partial charge in [-0.05, 0) is 35.1 Å². The second kappa shape index (κ2) is 8.23. The first-order valence-corrected chi connectivity index (χ1v) is 12.0. The molecule has 2 aromatic heterocycles. The van der Waals surface area contributed by atoms with E-state index in [9.17, 15) is 9.59 Å². The highest BCUT2D eigenvalue weighted by atomic mass is 32.1. The summed E-state index contributed by atoms with van der Waals surface area (Å²) in [5, 5.41) is 10.4. The summed E-state index contributed by atoms with van der Waals surface area (Å²) >= 11 is 1.39. The Balaban J connectivity index is 1.71. The summed E-state index contributed by atoms with van der Waals surface area (Å²) in [7, 11) is 0. The molecule has 0 bridgehead atoms. The summed E-state index contributed by atoms with van der Waals surface area (Å²) in [5.41, 5.74) is 2.61. The number of hydrogen-bond donors (Lipinski definition) is 0. The molecule has 0 aliphatic carbocycles. The van der Waals surface area contributed by atoms with Crippen molar-refractivity contribution in [1.29, 1.82) is 0 Å². The number of benzene rings is 2. The second-order valence-corrected chi connectivity index (χ2v) is 10.2. The molecule has 0 saturated heterocycles. The lowest BCUT2D eigenvalue weighted by Gasteiger charge is -2.22. The second-order valence-electron chi connectivity index (χ2n) is 9.15. The van der Waals surface area contributed by atoms with Crippen molar-refractivity contribution in [2.45, 2.75) is 46.1 Å². The number of carbonyl (C=O) groups is 1. The Morgan fingerprint density at radius 2 is 1.73 bits per heavy atom. The van der Waals surface area contributed by atoms with E-state index in [1.807, 2.05) is 24.3 Å². The van der Waals surface area contributed by atoms with Gasteiger partial charge in [0.15, 0.2) is 5.43 Å². The molecule has 0 radical (unpaired) electrons. The summed E-state index contributed by atoms with van der Waals surface area (Å²) < 4.78 is 6.00. The molecule has 1 aliphatic heterocycles. The van der Waals surface area contributed by atoms with Gasteiger partial charge in [-0.15, -0.1) is 10.2 Å². The first-order chi connectivity index (χ1) is 15.8. The predicted octanol–water partition coefficient (Wildman–Crippen LogP) is 5.72. The van der Waals surface area contributed by atoms with E-state index in [1.54, 1.807) is 29.2 Å². The van der Waals surface area contributed by atoms with E-state index >= 15 is 0 Å². The monoisotopic (exact) mass is 459 g/mol. The largest absolute Gasteiger partial charge is 0.450 e. The van der Waals surface area contributed by atoms with Gasteiger partial charge in [0.1, 0.15) is 10.6 Å². The van der Waals surface area contributed by atoms with Gasteiger partial charge in [-0.25, -0.2) is 0 Å². The van der Waals surface area contributed by atoms with E-state index in [0.717, 1.165) is 17.0 Å². The molecule has 6 nitrogen and oxygen atoms in total. The molecular weight excluding hydrogens is 434 g/mol. The molecule has 7 heteroatoms. The molecule has 33 heavy (non-hydrogen) atoms. The first-order valence-electron chi connectivity index (χ1n) is 11.2. The van der Waals surface area contributed by atoms with Gasteiger partial charge in [0.25, 0.3) is 5.91 Å². The van der Waals surface area contributed by atoms with Gasteiger partial charge in [0.05, 0.1) is 17.0 Å². The molecular formula is C26H25N3O3S. The standard InChI is InChI=1S/C26H25N3O3S/c1-14(2)13-20-27-28-26(33-20)29-22(17-11-9-16(10-12-17)15(3)4)21-23(30)18-7-5-6-8-19(18)32-24(21)25(29)31/h5-12,14-15,22H,13H2,1-4H3. The van der Waals surface area contributed by atoms with Crippen molar-refractivity contribution in [3.05, 3.63) is 86.2 Å². The van der Waals surface area contributed by atoms with Crippen molar-refractivity contribution >= 4 is 33.3 Å². The van der Waals surface area contributed by atoms with Crippen LogP contribution in [-0.2, 0) is 6.42 Å². The fourth-order valence-electron chi connectivity index (χ4n) is 4.27. The van der Waals surface area contributed by atoms with Crippen molar-refractivity contribution in [3.8, 4) is 0 Å². The normalized spacial score (nSPS) is 15.8. The summed E-state index contributed by atoms with van der Waals surface area (Å²) in [5.74, 6) is 0.517. The molecule has 0 N–H and O–H groups in total. The van der Waals surface area contributed by atoms with Crippen LogP contribution in [0.5, 0.6) is 0 Å². The average molecular weight is 460 g/mol. The zero-order valence-corrected chi connectivity index (χ0v) is 19.8. The maximum atomic E-state index is 13.6. The third-order valence-corrected chi connectivity index (χ3v) is 6.89. The zero-order chi connectivity index (χ0) is 23.3. The quantitative estimate of drug-likeness (QED) is 0.382. The summed E-state index contributed by atoms with van der Waals surface area (Å²) in [6, 6.07) is 14.5. The molecule has 1 amide bonds. The highest BCUT2D eigenvalue weighted by molar-refractivity contribution is 7.15. The number of fused-ring (bicyclic) bond motifs is 2. The topological polar surface area (TPSA) is 76.3 Å². The minimum absolute atomic E-state index is 0.0808. The van der Waals surface area contributed by atoms with Crippen molar-refractivity contribution < 1.29 is 9.21 Å². The summed E-state index contributed by atoms with van der Waals surface area (Å²) in [6.45, 7) is 8.50. The molecule has 1 aliphatic rings. The predicted molar refractivity (Wildman–Crippen MR) is 130 cm³/mol. The van der Waals surface area contributed by atoms with Crippen molar-refractivity contribution in [3.63, 3.8) is 0 Å². The van der Waals surface area contributed by atoms with E-state index in [0.29, 0.717) is 33.5 Å². The lowest BCUT2D eigenvalue weighted by molar-refractivity contribution is 0.0970. The van der Waals surface area contributed by atoms with E-state index < -0.39 is 6.04 Å². The van der Waals surface area contributed by atoms with E-state index in [4.69, 9.17) is 4.42 Å². The zero-order valence-electron chi connectivity index (χ0n) is 19.0. The van der Waals surface area contributed by atoms with Crippen molar-refractivity contribution in [1.82, 2.24) is 10.2 Å². The molecule has 0 saturated carbocycles. The van der Waals surface area contributed by atoms with Gasteiger partial charge in [0.2, 0.25) is 10.9 Å². The fraction of sp³-hybridized carbons (Fsp3) is 0.308. The number of amides is 1. The van der Waals surface area contributed by atoms with Crippen LogP contribution < -0.4 is 10.3 Å². The molecule has 1 unspecified atom stereocenters. The number of rotatable bonds is 5.